The Kier molecular flexibility index (Phi) is 3.88. The topological polar surface area (TPSA) is 55.0 Å². The van der Waals surface area contributed by atoms with Crippen LogP contribution in [0.5, 0.6) is 0 Å². The van der Waals surface area contributed by atoms with Crippen molar-refractivity contribution >= 4 is 27.4 Å². The summed E-state index contributed by atoms with van der Waals surface area (Å²) in [7, 11) is 0. The van der Waals surface area contributed by atoms with Gasteiger partial charge in [-0.2, -0.15) is 0 Å². The fourth-order valence-electron chi connectivity index (χ4n) is 3.06. The minimum Gasteiger partial charge on any atom is -0.383 e. The monoisotopic (exact) mass is 304 g/mol. The van der Waals surface area contributed by atoms with Crippen molar-refractivity contribution in [2.45, 2.75) is 46.6 Å². The molecule has 4 nitrogen and oxygen atoms in total. The van der Waals surface area contributed by atoms with Gasteiger partial charge in [-0.05, 0) is 58.2 Å². The van der Waals surface area contributed by atoms with Crippen LogP contribution >= 0.6 is 11.3 Å². The Hall–Kier alpha value is -1.20. The molecule has 3 rings (SSSR count). The summed E-state index contributed by atoms with van der Waals surface area (Å²) in [5.74, 6) is 2.34. The third-order valence-corrected chi connectivity index (χ3v) is 5.91. The van der Waals surface area contributed by atoms with Crippen LogP contribution in [0.15, 0.2) is 0 Å². The highest BCUT2D eigenvalue weighted by atomic mass is 32.1. The maximum Gasteiger partial charge on any atom is 0.149 e. The van der Waals surface area contributed by atoms with E-state index in [0.717, 1.165) is 35.0 Å². The van der Waals surface area contributed by atoms with Gasteiger partial charge >= 0.3 is 0 Å². The van der Waals surface area contributed by atoms with E-state index in [0.29, 0.717) is 5.82 Å². The number of nitrogens with zero attached hydrogens (tertiary/aromatic N) is 3. The second-order valence-corrected chi connectivity index (χ2v) is 7.53. The Balaban J connectivity index is 1.93. The van der Waals surface area contributed by atoms with Crippen molar-refractivity contribution in [2.75, 3.05) is 18.8 Å². The number of thiophene rings is 1. The molecule has 1 unspecified atom stereocenters. The molecule has 1 aliphatic rings. The van der Waals surface area contributed by atoms with Crippen molar-refractivity contribution in [3.8, 4) is 0 Å². The molecule has 0 spiro atoms. The number of rotatable bonds is 2. The van der Waals surface area contributed by atoms with Gasteiger partial charge in [-0.1, -0.05) is 6.92 Å². The molecule has 2 N–H and O–H groups in total. The largest absolute Gasteiger partial charge is 0.383 e. The molecule has 1 aliphatic heterocycles. The Labute approximate surface area is 130 Å². The fourth-order valence-corrected chi connectivity index (χ4v) is 4.11. The van der Waals surface area contributed by atoms with E-state index >= 15 is 0 Å². The lowest BCUT2D eigenvalue weighted by Gasteiger charge is -2.34. The lowest BCUT2D eigenvalue weighted by molar-refractivity contribution is 0.142. The summed E-state index contributed by atoms with van der Waals surface area (Å²) in [6, 6.07) is 0.243. The van der Waals surface area contributed by atoms with Gasteiger partial charge in [-0.15, -0.1) is 11.3 Å². The van der Waals surface area contributed by atoms with Crippen molar-refractivity contribution in [1.82, 2.24) is 14.9 Å². The normalized spacial score (nSPS) is 19.2. The summed E-state index contributed by atoms with van der Waals surface area (Å²) >= 11 is 1.72. The number of fused-ring (bicyclic) bond motifs is 1. The molecule has 3 heterocycles. The third kappa shape index (κ3) is 2.64. The van der Waals surface area contributed by atoms with Crippen LogP contribution in [-0.4, -0.2) is 28.0 Å². The first kappa shape index (κ1) is 14.7. The van der Waals surface area contributed by atoms with Crippen molar-refractivity contribution < 1.29 is 0 Å². The summed E-state index contributed by atoms with van der Waals surface area (Å²) < 4.78 is 0. The molecule has 0 aromatic carbocycles. The molecule has 1 atom stereocenters. The molecule has 114 valence electrons. The van der Waals surface area contributed by atoms with Crippen molar-refractivity contribution in [1.29, 1.82) is 0 Å². The molecular formula is C16H24N4S. The number of hydrogen-bond acceptors (Lipinski definition) is 5. The molecule has 2 aromatic heterocycles. The molecule has 5 heteroatoms. The number of nitrogen functional groups attached to an aromatic ring is 1. The number of aryl methyl sites for hydroxylation is 2. The zero-order valence-electron chi connectivity index (χ0n) is 13.3. The van der Waals surface area contributed by atoms with Crippen LogP contribution in [0.4, 0.5) is 5.82 Å². The average molecular weight is 304 g/mol. The summed E-state index contributed by atoms with van der Waals surface area (Å²) in [6.45, 7) is 11.0. The van der Waals surface area contributed by atoms with Crippen LogP contribution < -0.4 is 5.73 Å². The Morgan fingerprint density at radius 1 is 1.24 bits per heavy atom. The van der Waals surface area contributed by atoms with E-state index in [9.17, 15) is 0 Å². The van der Waals surface area contributed by atoms with Gasteiger partial charge in [-0.25, -0.2) is 9.97 Å². The van der Waals surface area contributed by atoms with Crippen LogP contribution in [0.2, 0.25) is 0 Å². The standard InChI is InChI=1S/C16H24N4S/c1-9-5-7-20(8-6-9)11(3)15-18-14(17)13-10(2)12(4)21-16(13)19-15/h9,11H,5-8H2,1-4H3,(H2,17,18,19). The van der Waals surface area contributed by atoms with Crippen LogP contribution in [0.25, 0.3) is 10.2 Å². The predicted molar refractivity (Wildman–Crippen MR) is 89.7 cm³/mol. The molecule has 0 saturated carbocycles. The summed E-state index contributed by atoms with van der Waals surface area (Å²) in [5, 5.41) is 1.04. The van der Waals surface area contributed by atoms with E-state index in [1.54, 1.807) is 11.3 Å². The van der Waals surface area contributed by atoms with Gasteiger partial charge in [0.2, 0.25) is 0 Å². The highest BCUT2D eigenvalue weighted by molar-refractivity contribution is 7.18. The molecule has 1 saturated heterocycles. The van der Waals surface area contributed by atoms with E-state index in [2.05, 4.69) is 37.6 Å². The third-order valence-electron chi connectivity index (χ3n) is 4.81. The van der Waals surface area contributed by atoms with E-state index in [4.69, 9.17) is 10.7 Å². The first-order valence-corrected chi connectivity index (χ1v) is 8.56. The molecule has 2 aromatic rings. The summed E-state index contributed by atoms with van der Waals surface area (Å²) in [4.78, 5) is 14.2. The predicted octanol–water partition coefficient (Wildman–Crippen LogP) is 3.68. The van der Waals surface area contributed by atoms with E-state index in [1.165, 1.54) is 23.3 Å². The van der Waals surface area contributed by atoms with Crippen LogP contribution in [0.1, 0.15) is 49.0 Å². The second-order valence-electron chi connectivity index (χ2n) is 6.32. The molecule has 0 amide bonds. The smallest absolute Gasteiger partial charge is 0.149 e. The average Bonchev–Trinajstić information content (AvgIpc) is 2.74. The zero-order chi connectivity index (χ0) is 15.1. The first-order valence-electron chi connectivity index (χ1n) is 7.74. The number of anilines is 1. The van der Waals surface area contributed by atoms with Gasteiger partial charge in [0.05, 0.1) is 11.4 Å². The van der Waals surface area contributed by atoms with E-state index in [-0.39, 0.29) is 6.04 Å². The van der Waals surface area contributed by atoms with Crippen LogP contribution in [0, 0.1) is 19.8 Å². The quantitative estimate of drug-likeness (QED) is 0.919. The first-order chi connectivity index (χ1) is 9.97. The highest BCUT2D eigenvalue weighted by Crippen LogP contribution is 2.34. The van der Waals surface area contributed by atoms with Gasteiger partial charge in [-0.3, -0.25) is 4.90 Å². The lowest BCUT2D eigenvalue weighted by atomic mass is 9.98. The molecule has 0 bridgehead atoms. The Morgan fingerprint density at radius 3 is 2.57 bits per heavy atom. The lowest BCUT2D eigenvalue weighted by Crippen LogP contribution is -2.35. The van der Waals surface area contributed by atoms with Crippen molar-refractivity contribution in [3.63, 3.8) is 0 Å². The molecule has 0 radical (unpaired) electrons. The SMILES string of the molecule is Cc1sc2nc(C(C)N3CCC(C)CC3)nc(N)c2c1C. The summed E-state index contributed by atoms with van der Waals surface area (Å²) in [6.07, 6.45) is 2.53. The number of likely N-dealkylation sites (tertiary alicyclic amines) is 1. The number of piperidine rings is 1. The maximum atomic E-state index is 6.20. The molecule has 1 fully saturated rings. The van der Waals surface area contributed by atoms with Crippen molar-refractivity contribution in [3.05, 3.63) is 16.3 Å². The van der Waals surface area contributed by atoms with Gasteiger partial charge in [0.15, 0.2) is 0 Å². The fraction of sp³-hybridized carbons (Fsp3) is 0.625. The zero-order valence-corrected chi connectivity index (χ0v) is 14.1. The molecule has 21 heavy (non-hydrogen) atoms. The van der Waals surface area contributed by atoms with Crippen LogP contribution in [0.3, 0.4) is 0 Å². The van der Waals surface area contributed by atoms with E-state index < -0.39 is 0 Å². The maximum absolute atomic E-state index is 6.20. The van der Waals surface area contributed by atoms with Crippen LogP contribution in [-0.2, 0) is 0 Å². The highest BCUT2D eigenvalue weighted by Gasteiger charge is 2.24. The number of nitrogens with two attached hydrogens (primary N) is 1. The van der Waals surface area contributed by atoms with Gasteiger partial charge in [0.1, 0.15) is 16.5 Å². The van der Waals surface area contributed by atoms with Gasteiger partial charge < -0.3 is 5.73 Å². The van der Waals surface area contributed by atoms with Gasteiger partial charge in [0, 0.05) is 4.88 Å². The molecule has 0 aliphatic carbocycles. The minimum atomic E-state index is 0.243. The minimum absolute atomic E-state index is 0.243. The Bertz CT molecular complexity index is 656. The second kappa shape index (κ2) is 5.54. The van der Waals surface area contributed by atoms with Crippen molar-refractivity contribution in [2.24, 2.45) is 5.92 Å². The Morgan fingerprint density at radius 2 is 1.90 bits per heavy atom. The number of aromatic nitrogens is 2. The molecular weight excluding hydrogens is 280 g/mol. The number of hydrogen-bond donors (Lipinski definition) is 1. The summed E-state index contributed by atoms with van der Waals surface area (Å²) in [5.41, 5.74) is 7.42. The van der Waals surface area contributed by atoms with Gasteiger partial charge in [0.25, 0.3) is 0 Å². The van der Waals surface area contributed by atoms with E-state index in [1.807, 2.05) is 0 Å².